The molecule has 6 nitrogen and oxygen atoms in total. The molecule has 0 fully saturated rings. The third kappa shape index (κ3) is 4.06. The Balaban J connectivity index is 0.000000319. The maximum absolute atomic E-state index is 4.62. The summed E-state index contributed by atoms with van der Waals surface area (Å²) in [4.78, 5) is 22.4. The second-order valence-corrected chi connectivity index (χ2v) is 6.67. The van der Waals surface area contributed by atoms with Crippen molar-refractivity contribution in [1.82, 2.24) is 29.9 Å². The van der Waals surface area contributed by atoms with Gasteiger partial charge in [-0.05, 0) is 72.8 Å². The van der Waals surface area contributed by atoms with E-state index in [9.17, 15) is 0 Å². The molecule has 4 aromatic heterocycles. The zero-order chi connectivity index (χ0) is 19.5. The summed E-state index contributed by atoms with van der Waals surface area (Å²) in [7, 11) is 0. The molecule has 8 bridgehead atoms. The molecule has 0 saturated carbocycles. The van der Waals surface area contributed by atoms with Gasteiger partial charge in [0.2, 0.25) is 0 Å². The minimum Gasteiger partial charge on any atom is -0.355 e. The monoisotopic (exact) mass is 378 g/mol. The van der Waals surface area contributed by atoms with Crippen LogP contribution >= 0.6 is 0 Å². The highest BCUT2D eigenvalue weighted by molar-refractivity contribution is 5.77. The first kappa shape index (κ1) is 16.9. The fourth-order valence-corrected chi connectivity index (χ4v) is 3.16. The molecule has 0 spiro atoms. The molecule has 2 aliphatic heterocycles. The number of rotatable bonds is 0. The molecule has 0 saturated heterocycles. The summed E-state index contributed by atoms with van der Waals surface area (Å²) >= 11 is 0. The zero-order valence-electron chi connectivity index (χ0n) is 15.5. The van der Waals surface area contributed by atoms with Gasteiger partial charge in [0, 0.05) is 34.5 Å². The Hall–Kier alpha value is -4.19. The molecule has 3 N–H and O–H groups in total. The van der Waals surface area contributed by atoms with Gasteiger partial charge in [-0.25, -0.2) is 15.0 Å². The van der Waals surface area contributed by atoms with E-state index in [0.29, 0.717) is 0 Å². The molecule has 140 valence electrons. The van der Waals surface area contributed by atoms with Gasteiger partial charge in [0.1, 0.15) is 0 Å². The van der Waals surface area contributed by atoms with E-state index < -0.39 is 0 Å². The highest BCUT2D eigenvalue weighted by atomic mass is 14.8. The molecule has 6 heterocycles. The molecule has 0 atom stereocenters. The lowest BCUT2D eigenvalue weighted by molar-refractivity contribution is 1.28. The van der Waals surface area contributed by atoms with Crippen LogP contribution in [0.4, 0.5) is 0 Å². The zero-order valence-corrected chi connectivity index (χ0v) is 15.5. The molecule has 0 amide bonds. The van der Waals surface area contributed by atoms with Crippen molar-refractivity contribution in [2.75, 3.05) is 0 Å². The van der Waals surface area contributed by atoms with Gasteiger partial charge in [0.25, 0.3) is 0 Å². The van der Waals surface area contributed by atoms with Crippen molar-refractivity contribution in [3.63, 3.8) is 0 Å². The number of imidazole rings is 1. The summed E-state index contributed by atoms with van der Waals surface area (Å²) in [5, 5.41) is 0. The Labute approximate surface area is 166 Å². The van der Waals surface area contributed by atoms with E-state index >= 15 is 0 Å². The molecule has 4 aromatic rings. The van der Waals surface area contributed by atoms with Crippen LogP contribution in [0.3, 0.4) is 0 Å². The van der Waals surface area contributed by atoms with E-state index in [1.165, 1.54) is 0 Å². The number of aromatic amines is 3. The topological polar surface area (TPSA) is 86.0 Å². The molecule has 0 unspecified atom stereocenters. The predicted molar refractivity (Wildman–Crippen MR) is 117 cm³/mol. The lowest BCUT2D eigenvalue weighted by Gasteiger charge is -1.86. The lowest BCUT2D eigenvalue weighted by atomic mass is 10.3. The Morgan fingerprint density at radius 2 is 1.03 bits per heavy atom. The number of aromatic nitrogens is 6. The van der Waals surface area contributed by atoms with Crippen molar-refractivity contribution in [2.24, 2.45) is 0 Å². The van der Waals surface area contributed by atoms with E-state index in [0.717, 1.165) is 44.8 Å². The van der Waals surface area contributed by atoms with Gasteiger partial charge in [-0.1, -0.05) is 0 Å². The molecule has 6 rings (SSSR count). The quantitative estimate of drug-likeness (QED) is 0.345. The predicted octanol–water partition coefficient (Wildman–Crippen LogP) is 5.07. The molecule has 29 heavy (non-hydrogen) atoms. The van der Waals surface area contributed by atoms with Gasteiger partial charge in [-0.3, -0.25) is 0 Å². The standard InChI is InChI=1S/C20H14N4.C3H4N2/c1-2-14-10-16-5-6-18(23-16)12-20-8-7-19(24-20)11-17-4-3-15(22-17)9-13(1)21-14;1-2-5-3-4-1/h1-12,21-22H;1-3H,(H,4,5). The summed E-state index contributed by atoms with van der Waals surface area (Å²) < 4.78 is 0. The number of hydrogen-bond acceptors (Lipinski definition) is 3. The normalized spacial score (nSPS) is 11.9. The Morgan fingerprint density at radius 3 is 1.45 bits per heavy atom. The second kappa shape index (κ2) is 7.44. The van der Waals surface area contributed by atoms with Crippen molar-refractivity contribution in [1.29, 1.82) is 0 Å². The van der Waals surface area contributed by atoms with Crippen LogP contribution in [-0.4, -0.2) is 29.9 Å². The van der Waals surface area contributed by atoms with Crippen molar-refractivity contribution >= 4 is 46.4 Å². The molecule has 6 heteroatoms. The van der Waals surface area contributed by atoms with E-state index in [1.54, 1.807) is 18.7 Å². The van der Waals surface area contributed by atoms with Crippen molar-refractivity contribution in [2.45, 2.75) is 0 Å². The van der Waals surface area contributed by atoms with Crippen LogP contribution in [0.1, 0.15) is 22.8 Å². The largest absolute Gasteiger partial charge is 0.355 e. The Kier molecular flexibility index (Phi) is 4.35. The number of nitrogens with zero attached hydrogens (tertiary/aromatic N) is 3. The molecule has 0 radical (unpaired) electrons. The average Bonchev–Trinajstić information content (AvgIpc) is 3.50. The second-order valence-electron chi connectivity index (χ2n) is 6.67. The number of fused-ring (bicyclic) bond motifs is 8. The smallest absolute Gasteiger partial charge is 0.0919 e. The molecule has 2 aliphatic rings. The fraction of sp³-hybridized carbons (Fsp3) is 0. The van der Waals surface area contributed by atoms with Gasteiger partial charge in [0.05, 0.1) is 29.1 Å². The first-order valence-electron chi connectivity index (χ1n) is 9.27. The maximum Gasteiger partial charge on any atom is 0.0919 e. The minimum atomic E-state index is 0.915. The molecule has 0 aromatic carbocycles. The van der Waals surface area contributed by atoms with Crippen LogP contribution in [0.15, 0.2) is 67.3 Å². The summed E-state index contributed by atoms with van der Waals surface area (Å²) in [6.07, 6.45) is 13.1. The van der Waals surface area contributed by atoms with Crippen LogP contribution in [0.25, 0.3) is 46.4 Å². The van der Waals surface area contributed by atoms with Gasteiger partial charge < -0.3 is 15.0 Å². The highest BCUT2D eigenvalue weighted by Crippen LogP contribution is 2.17. The van der Waals surface area contributed by atoms with E-state index in [4.69, 9.17) is 0 Å². The Morgan fingerprint density at radius 1 is 0.552 bits per heavy atom. The van der Waals surface area contributed by atoms with E-state index in [1.807, 2.05) is 42.5 Å². The van der Waals surface area contributed by atoms with Crippen LogP contribution < -0.4 is 0 Å². The van der Waals surface area contributed by atoms with Crippen molar-refractivity contribution in [3.8, 4) is 0 Å². The van der Waals surface area contributed by atoms with Crippen LogP contribution in [0, 0.1) is 0 Å². The van der Waals surface area contributed by atoms with Crippen LogP contribution in [0.2, 0.25) is 0 Å². The third-order valence-electron chi connectivity index (χ3n) is 4.45. The van der Waals surface area contributed by atoms with Gasteiger partial charge >= 0.3 is 0 Å². The van der Waals surface area contributed by atoms with Gasteiger partial charge in [-0.15, -0.1) is 0 Å². The van der Waals surface area contributed by atoms with E-state index in [2.05, 4.69) is 60.2 Å². The number of hydrogen-bond donors (Lipinski definition) is 3. The van der Waals surface area contributed by atoms with Crippen molar-refractivity contribution < 1.29 is 0 Å². The highest BCUT2D eigenvalue weighted by Gasteiger charge is 2.02. The SMILES string of the molecule is C1=Cc2cc3ccc(cc4ccc(cc5nc(cc1n2)C=C5)[nH]4)[nH]3.c1c[nH]cn1. The first-order valence-corrected chi connectivity index (χ1v) is 9.27. The van der Waals surface area contributed by atoms with Crippen LogP contribution in [-0.2, 0) is 0 Å². The molecular formula is C23H18N6. The third-order valence-corrected chi connectivity index (χ3v) is 4.45. The summed E-state index contributed by atoms with van der Waals surface area (Å²) in [6.45, 7) is 0. The van der Waals surface area contributed by atoms with Gasteiger partial charge in [-0.2, -0.15) is 0 Å². The fourth-order valence-electron chi connectivity index (χ4n) is 3.16. The average molecular weight is 378 g/mol. The maximum atomic E-state index is 4.62. The molecular weight excluding hydrogens is 360 g/mol. The summed E-state index contributed by atoms with van der Waals surface area (Å²) in [5.41, 5.74) is 7.86. The van der Waals surface area contributed by atoms with Gasteiger partial charge in [0.15, 0.2) is 0 Å². The number of nitrogens with one attached hydrogen (secondary N) is 3. The Bertz CT molecular complexity index is 1250. The lowest BCUT2D eigenvalue weighted by Crippen LogP contribution is -1.77. The summed E-state index contributed by atoms with van der Waals surface area (Å²) in [5.74, 6) is 0. The first-order chi connectivity index (χ1) is 14.3. The van der Waals surface area contributed by atoms with Crippen LogP contribution in [0.5, 0.6) is 0 Å². The van der Waals surface area contributed by atoms with E-state index in [-0.39, 0.29) is 0 Å². The minimum absolute atomic E-state index is 0.915. The summed E-state index contributed by atoms with van der Waals surface area (Å²) in [6, 6.07) is 16.4. The number of H-pyrrole nitrogens is 3. The van der Waals surface area contributed by atoms with Crippen molar-refractivity contribution in [3.05, 3.63) is 90.0 Å². The molecule has 0 aliphatic carbocycles.